The molecule has 3 heteroatoms. The highest BCUT2D eigenvalue weighted by Gasteiger charge is 2.07. The van der Waals surface area contributed by atoms with Crippen LogP contribution < -0.4 is 5.32 Å². The summed E-state index contributed by atoms with van der Waals surface area (Å²) in [4.78, 5) is 0. The summed E-state index contributed by atoms with van der Waals surface area (Å²) in [7, 11) is 0. The van der Waals surface area contributed by atoms with Gasteiger partial charge in [0.1, 0.15) is 0 Å². The zero-order chi connectivity index (χ0) is 14.5. The van der Waals surface area contributed by atoms with E-state index in [2.05, 4.69) is 62.4 Å². The standard InChI is InChI=1S/C17H25N3/c1-5-9-18-12-15-6-7-17(14(4)11-15)20-10-8-16(19-20)13(2)3/h6-8,10-11,13,18H,5,9,12H2,1-4H3. The Kier molecular flexibility index (Phi) is 4.96. The molecule has 0 aliphatic heterocycles. The minimum Gasteiger partial charge on any atom is -0.313 e. The number of hydrogen-bond acceptors (Lipinski definition) is 2. The van der Waals surface area contributed by atoms with Crippen molar-refractivity contribution in [2.24, 2.45) is 0 Å². The van der Waals surface area contributed by atoms with Gasteiger partial charge in [0.2, 0.25) is 0 Å². The van der Waals surface area contributed by atoms with Gasteiger partial charge in [0.25, 0.3) is 0 Å². The largest absolute Gasteiger partial charge is 0.313 e. The second-order valence-corrected chi connectivity index (χ2v) is 5.64. The first kappa shape index (κ1) is 14.8. The van der Waals surface area contributed by atoms with E-state index in [1.807, 2.05) is 10.9 Å². The molecular formula is C17H25N3. The van der Waals surface area contributed by atoms with Gasteiger partial charge < -0.3 is 5.32 Å². The van der Waals surface area contributed by atoms with Gasteiger partial charge in [-0.2, -0.15) is 5.10 Å². The van der Waals surface area contributed by atoms with Gasteiger partial charge in [-0.3, -0.25) is 0 Å². The van der Waals surface area contributed by atoms with E-state index in [0.29, 0.717) is 5.92 Å². The van der Waals surface area contributed by atoms with Gasteiger partial charge in [0.15, 0.2) is 0 Å². The summed E-state index contributed by atoms with van der Waals surface area (Å²) < 4.78 is 1.98. The van der Waals surface area contributed by atoms with Crippen molar-refractivity contribution in [1.82, 2.24) is 15.1 Å². The molecule has 0 amide bonds. The Bertz CT molecular complexity index is 555. The molecule has 0 fully saturated rings. The van der Waals surface area contributed by atoms with Crippen LogP contribution in [0.15, 0.2) is 30.5 Å². The van der Waals surface area contributed by atoms with Crippen molar-refractivity contribution < 1.29 is 0 Å². The second-order valence-electron chi connectivity index (χ2n) is 5.64. The minimum atomic E-state index is 0.467. The van der Waals surface area contributed by atoms with Crippen LogP contribution >= 0.6 is 0 Å². The van der Waals surface area contributed by atoms with Gasteiger partial charge in [-0.1, -0.05) is 32.9 Å². The van der Waals surface area contributed by atoms with E-state index >= 15 is 0 Å². The van der Waals surface area contributed by atoms with Crippen LogP contribution in [-0.2, 0) is 6.54 Å². The Morgan fingerprint density at radius 2 is 2.05 bits per heavy atom. The fourth-order valence-corrected chi connectivity index (χ4v) is 2.27. The van der Waals surface area contributed by atoms with Crippen molar-refractivity contribution in [1.29, 1.82) is 0 Å². The second kappa shape index (κ2) is 6.71. The van der Waals surface area contributed by atoms with E-state index in [1.54, 1.807) is 0 Å². The van der Waals surface area contributed by atoms with Gasteiger partial charge in [-0.05, 0) is 49.1 Å². The summed E-state index contributed by atoms with van der Waals surface area (Å²) in [6.07, 6.45) is 3.22. The number of aryl methyl sites for hydroxylation is 1. The molecule has 1 N–H and O–H groups in total. The van der Waals surface area contributed by atoms with Gasteiger partial charge in [-0.15, -0.1) is 0 Å². The summed E-state index contributed by atoms with van der Waals surface area (Å²) in [5.74, 6) is 0.467. The number of aromatic nitrogens is 2. The fourth-order valence-electron chi connectivity index (χ4n) is 2.27. The highest BCUT2D eigenvalue weighted by atomic mass is 15.3. The van der Waals surface area contributed by atoms with Crippen molar-refractivity contribution in [3.05, 3.63) is 47.3 Å². The van der Waals surface area contributed by atoms with Crippen LogP contribution in [0, 0.1) is 6.92 Å². The van der Waals surface area contributed by atoms with E-state index in [0.717, 1.165) is 24.5 Å². The Morgan fingerprint density at radius 1 is 1.25 bits per heavy atom. The fraction of sp³-hybridized carbons (Fsp3) is 0.471. The third-order valence-corrected chi connectivity index (χ3v) is 3.47. The lowest BCUT2D eigenvalue weighted by atomic mass is 10.1. The van der Waals surface area contributed by atoms with Crippen molar-refractivity contribution in [3.63, 3.8) is 0 Å². The molecule has 1 aromatic carbocycles. The number of hydrogen-bond donors (Lipinski definition) is 1. The Morgan fingerprint density at radius 3 is 2.65 bits per heavy atom. The Hall–Kier alpha value is -1.61. The summed E-state index contributed by atoms with van der Waals surface area (Å²) >= 11 is 0. The van der Waals surface area contributed by atoms with Crippen LogP contribution in [0.5, 0.6) is 0 Å². The molecule has 108 valence electrons. The van der Waals surface area contributed by atoms with Crippen molar-refractivity contribution in [3.8, 4) is 5.69 Å². The summed E-state index contributed by atoms with van der Waals surface area (Å²) in [6.45, 7) is 10.7. The summed E-state index contributed by atoms with van der Waals surface area (Å²) in [5, 5.41) is 8.08. The SMILES string of the molecule is CCCNCc1ccc(-n2ccc(C(C)C)n2)c(C)c1. The number of nitrogens with one attached hydrogen (secondary N) is 1. The summed E-state index contributed by atoms with van der Waals surface area (Å²) in [5.41, 5.74) is 4.89. The van der Waals surface area contributed by atoms with E-state index in [4.69, 9.17) is 0 Å². The van der Waals surface area contributed by atoms with Crippen molar-refractivity contribution in [2.75, 3.05) is 6.54 Å². The predicted molar refractivity (Wildman–Crippen MR) is 84.4 cm³/mol. The molecule has 0 saturated heterocycles. The monoisotopic (exact) mass is 271 g/mol. The smallest absolute Gasteiger partial charge is 0.0675 e. The average Bonchev–Trinajstić information content (AvgIpc) is 2.89. The lowest BCUT2D eigenvalue weighted by Gasteiger charge is -2.09. The first-order chi connectivity index (χ1) is 9.61. The van der Waals surface area contributed by atoms with Crippen LogP contribution in [0.1, 0.15) is 49.9 Å². The molecule has 0 spiro atoms. The van der Waals surface area contributed by atoms with Gasteiger partial charge >= 0.3 is 0 Å². The van der Waals surface area contributed by atoms with Gasteiger partial charge in [-0.25, -0.2) is 4.68 Å². The molecule has 3 nitrogen and oxygen atoms in total. The van der Waals surface area contributed by atoms with Crippen LogP contribution in [-0.4, -0.2) is 16.3 Å². The van der Waals surface area contributed by atoms with E-state index in [-0.39, 0.29) is 0 Å². The van der Waals surface area contributed by atoms with Gasteiger partial charge in [0, 0.05) is 12.7 Å². The van der Waals surface area contributed by atoms with Crippen molar-refractivity contribution >= 4 is 0 Å². The number of rotatable bonds is 6. The summed E-state index contributed by atoms with van der Waals surface area (Å²) in [6, 6.07) is 8.69. The number of benzene rings is 1. The normalized spacial score (nSPS) is 11.2. The van der Waals surface area contributed by atoms with Crippen LogP contribution in [0.3, 0.4) is 0 Å². The molecular weight excluding hydrogens is 246 g/mol. The molecule has 0 radical (unpaired) electrons. The molecule has 1 heterocycles. The van der Waals surface area contributed by atoms with E-state index in [9.17, 15) is 0 Å². The van der Waals surface area contributed by atoms with E-state index in [1.165, 1.54) is 17.5 Å². The molecule has 20 heavy (non-hydrogen) atoms. The molecule has 2 rings (SSSR count). The third-order valence-electron chi connectivity index (χ3n) is 3.47. The van der Waals surface area contributed by atoms with Crippen LogP contribution in [0.2, 0.25) is 0 Å². The maximum Gasteiger partial charge on any atom is 0.0675 e. The molecule has 0 bridgehead atoms. The first-order valence-corrected chi connectivity index (χ1v) is 7.48. The molecule has 0 atom stereocenters. The zero-order valence-electron chi connectivity index (χ0n) is 13.0. The minimum absolute atomic E-state index is 0.467. The van der Waals surface area contributed by atoms with Crippen LogP contribution in [0.25, 0.3) is 5.69 Å². The lowest BCUT2D eigenvalue weighted by molar-refractivity contribution is 0.675. The van der Waals surface area contributed by atoms with Crippen LogP contribution in [0.4, 0.5) is 0 Å². The Balaban J connectivity index is 2.16. The molecule has 0 unspecified atom stereocenters. The average molecular weight is 271 g/mol. The van der Waals surface area contributed by atoms with Gasteiger partial charge in [0.05, 0.1) is 11.4 Å². The zero-order valence-corrected chi connectivity index (χ0v) is 13.0. The molecule has 0 aliphatic rings. The first-order valence-electron chi connectivity index (χ1n) is 7.48. The quantitative estimate of drug-likeness (QED) is 0.810. The topological polar surface area (TPSA) is 29.9 Å². The molecule has 0 saturated carbocycles. The maximum absolute atomic E-state index is 4.65. The third kappa shape index (κ3) is 3.48. The van der Waals surface area contributed by atoms with E-state index < -0.39 is 0 Å². The molecule has 2 aromatic rings. The molecule has 1 aromatic heterocycles. The predicted octanol–water partition coefficient (Wildman–Crippen LogP) is 3.80. The lowest BCUT2D eigenvalue weighted by Crippen LogP contribution is -2.14. The highest BCUT2D eigenvalue weighted by molar-refractivity contribution is 5.42. The molecule has 0 aliphatic carbocycles. The number of nitrogens with zero attached hydrogens (tertiary/aromatic N) is 2. The Labute approximate surface area is 122 Å². The highest BCUT2D eigenvalue weighted by Crippen LogP contribution is 2.18. The van der Waals surface area contributed by atoms with Crippen molar-refractivity contribution in [2.45, 2.75) is 46.6 Å². The maximum atomic E-state index is 4.65.